The van der Waals surface area contributed by atoms with Crippen LogP contribution in [-0.4, -0.2) is 26.4 Å². The van der Waals surface area contributed by atoms with E-state index in [1.54, 1.807) is 33.5 Å². The van der Waals surface area contributed by atoms with E-state index in [2.05, 4.69) is 6.08 Å². The minimum atomic E-state index is 0.139. The van der Waals surface area contributed by atoms with Gasteiger partial charge in [0, 0.05) is 10.9 Å². The van der Waals surface area contributed by atoms with Crippen molar-refractivity contribution >= 4 is 10.8 Å². The molecule has 0 aromatic heterocycles. The highest BCUT2D eigenvalue weighted by Crippen LogP contribution is 2.48. The van der Waals surface area contributed by atoms with Gasteiger partial charge in [-0.25, -0.2) is 0 Å². The molecule has 0 aliphatic carbocycles. The van der Waals surface area contributed by atoms with Gasteiger partial charge in [-0.2, -0.15) is 0 Å². The second-order valence-electron chi connectivity index (χ2n) is 5.26. The Bertz CT molecular complexity index is 713. The lowest BCUT2D eigenvalue weighted by molar-refractivity contribution is 0.348. The van der Waals surface area contributed by atoms with Gasteiger partial charge in [-0.1, -0.05) is 23.8 Å². The highest BCUT2D eigenvalue weighted by Gasteiger charge is 2.22. The Labute approximate surface area is 130 Å². The first kappa shape index (κ1) is 16.0. The van der Waals surface area contributed by atoms with Gasteiger partial charge in [0.25, 0.3) is 0 Å². The molecule has 0 radical (unpaired) electrons. The summed E-state index contributed by atoms with van der Waals surface area (Å²) in [6.07, 6.45) is 2.77. The van der Waals surface area contributed by atoms with E-state index < -0.39 is 0 Å². The quantitative estimate of drug-likeness (QED) is 0.845. The zero-order chi connectivity index (χ0) is 16.3. The largest absolute Gasteiger partial charge is 0.507 e. The third-order valence-corrected chi connectivity index (χ3v) is 3.60. The molecular formula is C18H22O4. The standard InChI is InChI=1S/C18H22O4/c1-11(2)9-10-13-16(20-3)12-7-6-8-14(19)15(12)18(22-5)17(13)21-4/h6-9,19H,10H2,1-5H3. The Morgan fingerprint density at radius 3 is 2.18 bits per heavy atom. The van der Waals surface area contributed by atoms with Crippen molar-refractivity contribution < 1.29 is 19.3 Å². The Morgan fingerprint density at radius 1 is 1.00 bits per heavy atom. The fourth-order valence-electron chi connectivity index (χ4n) is 2.62. The second-order valence-corrected chi connectivity index (χ2v) is 5.26. The lowest BCUT2D eigenvalue weighted by Crippen LogP contribution is -2.01. The van der Waals surface area contributed by atoms with Crippen LogP contribution in [0.3, 0.4) is 0 Å². The molecule has 0 unspecified atom stereocenters. The third-order valence-electron chi connectivity index (χ3n) is 3.60. The Hall–Kier alpha value is -2.36. The van der Waals surface area contributed by atoms with E-state index in [0.29, 0.717) is 29.1 Å². The van der Waals surface area contributed by atoms with Gasteiger partial charge in [0.1, 0.15) is 11.5 Å². The van der Waals surface area contributed by atoms with Crippen molar-refractivity contribution in [1.82, 2.24) is 0 Å². The van der Waals surface area contributed by atoms with Crippen LogP contribution in [0.1, 0.15) is 19.4 Å². The van der Waals surface area contributed by atoms with Crippen molar-refractivity contribution in [2.75, 3.05) is 21.3 Å². The molecular weight excluding hydrogens is 280 g/mol. The predicted molar refractivity (Wildman–Crippen MR) is 88.4 cm³/mol. The van der Waals surface area contributed by atoms with Crippen molar-refractivity contribution in [1.29, 1.82) is 0 Å². The van der Waals surface area contributed by atoms with Gasteiger partial charge in [-0.15, -0.1) is 0 Å². The van der Waals surface area contributed by atoms with E-state index in [1.807, 2.05) is 19.9 Å². The Balaban J connectivity index is 2.90. The minimum absolute atomic E-state index is 0.139. The van der Waals surface area contributed by atoms with Crippen LogP contribution < -0.4 is 14.2 Å². The molecule has 2 aromatic carbocycles. The molecule has 0 atom stereocenters. The summed E-state index contributed by atoms with van der Waals surface area (Å²) in [5.74, 6) is 1.94. The van der Waals surface area contributed by atoms with Crippen molar-refractivity contribution in [3.63, 3.8) is 0 Å². The van der Waals surface area contributed by atoms with Gasteiger partial charge in [0.05, 0.1) is 26.7 Å². The van der Waals surface area contributed by atoms with Gasteiger partial charge in [-0.05, 0) is 26.3 Å². The molecule has 0 saturated heterocycles. The number of ether oxygens (including phenoxy) is 3. The van der Waals surface area contributed by atoms with Gasteiger partial charge in [0.15, 0.2) is 11.5 Å². The summed E-state index contributed by atoms with van der Waals surface area (Å²) >= 11 is 0. The molecule has 118 valence electrons. The summed E-state index contributed by atoms with van der Waals surface area (Å²) < 4.78 is 16.7. The lowest BCUT2D eigenvalue weighted by Gasteiger charge is -2.19. The normalized spacial score (nSPS) is 10.4. The monoisotopic (exact) mass is 302 g/mol. The van der Waals surface area contributed by atoms with E-state index in [0.717, 1.165) is 10.9 Å². The molecule has 1 N–H and O–H groups in total. The lowest BCUT2D eigenvalue weighted by atomic mass is 9.99. The molecule has 0 heterocycles. The van der Waals surface area contributed by atoms with Crippen LogP contribution in [0.25, 0.3) is 10.8 Å². The van der Waals surface area contributed by atoms with Gasteiger partial charge < -0.3 is 19.3 Å². The van der Waals surface area contributed by atoms with E-state index in [4.69, 9.17) is 14.2 Å². The van der Waals surface area contributed by atoms with Crippen LogP contribution in [0.2, 0.25) is 0 Å². The van der Waals surface area contributed by atoms with E-state index >= 15 is 0 Å². The SMILES string of the molecule is COc1c(CC=C(C)C)c(OC)c2cccc(O)c2c1OC. The summed E-state index contributed by atoms with van der Waals surface area (Å²) in [4.78, 5) is 0. The number of benzene rings is 2. The summed E-state index contributed by atoms with van der Waals surface area (Å²) in [6, 6.07) is 5.32. The first-order chi connectivity index (χ1) is 10.5. The topological polar surface area (TPSA) is 47.9 Å². The fourth-order valence-corrected chi connectivity index (χ4v) is 2.62. The number of methoxy groups -OCH3 is 3. The zero-order valence-corrected chi connectivity index (χ0v) is 13.7. The number of hydrogen-bond donors (Lipinski definition) is 1. The second kappa shape index (κ2) is 6.60. The zero-order valence-electron chi connectivity index (χ0n) is 13.7. The van der Waals surface area contributed by atoms with Crippen molar-refractivity contribution in [3.05, 3.63) is 35.4 Å². The number of allylic oxidation sites excluding steroid dienone is 2. The van der Waals surface area contributed by atoms with E-state index in [-0.39, 0.29) is 5.75 Å². The van der Waals surface area contributed by atoms with Crippen molar-refractivity contribution in [2.24, 2.45) is 0 Å². The number of rotatable bonds is 5. The number of phenols is 1. The molecule has 0 amide bonds. The predicted octanol–water partition coefficient (Wildman–Crippen LogP) is 4.08. The number of aromatic hydroxyl groups is 1. The van der Waals surface area contributed by atoms with E-state index in [9.17, 15) is 5.11 Å². The summed E-state index contributed by atoms with van der Waals surface area (Å²) in [6.45, 7) is 4.09. The van der Waals surface area contributed by atoms with Crippen LogP contribution in [0.5, 0.6) is 23.0 Å². The fraction of sp³-hybridized carbons (Fsp3) is 0.333. The maximum atomic E-state index is 10.2. The van der Waals surface area contributed by atoms with Crippen LogP contribution in [0.15, 0.2) is 29.8 Å². The van der Waals surface area contributed by atoms with Crippen molar-refractivity contribution in [3.8, 4) is 23.0 Å². The van der Waals surface area contributed by atoms with Crippen LogP contribution in [-0.2, 0) is 6.42 Å². The van der Waals surface area contributed by atoms with Gasteiger partial charge >= 0.3 is 0 Å². The molecule has 4 heteroatoms. The minimum Gasteiger partial charge on any atom is -0.507 e. The average molecular weight is 302 g/mol. The van der Waals surface area contributed by atoms with Crippen LogP contribution in [0.4, 0.5) is 0 Å². The average Bonchev–Trinajstić information content (AvgIpc) is 2.51. The highest BCUT2D eigenvalue weighted by atomic mass is 16.5. The Kier molecular flexibility index (Phi) is 4.81. The molecule has 0 saturated carbocycles. The number of phenolic OH excluding ortho intramolecular Hbond substituents is 1. The van der Waals surface area contributed by atoms with Gasteiger partial charge in [-0.3, -0.25) is 0 Å². The number of fused-ring (bicyclic) bond motifs is 1. The summed E-state index contributed by atoms with van der Waals surface area (Å²) in [5, 5.41) is 11.6. The smallest absolute Gasteiger partial charge is 0.172 e. The molecule has 2 rings (SSSR count). The molecule has 22 heavy (non-hydrogen) atoms. The molecule has 4 nitrogen and oxygen atoms in total. The van der Waals surface area contributed by atoms with Crippen LogP contribution >= 0.6 is 0 Å². The van der Waals surface area contributed by atoms with Gasteiger partial charge in [0.2, 0.25) is 0 Å². The first-order valence-electron chi connectivity index (χ1n) is 7.11. The summed E-state index contributed by atoms with van der Waals surface area (Å²) in [7, 11) is 4.78. The van der Waals surface area contributed by atoms with Crippen molar-refractivity contribution in [2.45, 2.75) is 20.3 Å². The molecule has 0 aliphatic heterocycles. The van der Waals surface area contributed by atoms with Crippen LogP contribution in [0, 0.1) is 0 Å². The molecule has 0 fully saturated rings. The highest BCUT2D eigenvalue weighted by molar-refractivity contribution is 6.01. The first-order valence-corrected chi connectivity index (χ1v) is 7.11. The third kappa shape index (κ3) is 2.69. The molecule has 2 aromatic rings. The maximum Gasteiger partial charge on any atom is 0.172 e. The maximum absolute atomic E-state index is 10.2. The van der Waals surface area contributed by atoms with E-state index in [1.165, 1.54) is 5.57 Å². The summed E-state index contributed by atoms with van der Waals surface area (Å²) in [5.41, 5.74) is 2.11. The Morgan fingerprint density at radius 2 is 1.64 bits per heavy atom. The molecule has 0 spiro atoms. The number of hydrogen-bond acceptors (Lipinski definition) is 4. The molecule has 0 aliphatic rings. The molecule has 0 bridgehead atoms.